The lowest BCUT2D eigenvalue weighted by atomic mass is 10.1. The molecule has 0 aliphatic carbocycles. The SMILES string of the molecule is CNc1cc(-c2ccccc2)cc(S(=O)(=O)c2cnc(CN)s2)c1. The molecule has 2 aromatic carbocycles. The van der Waals surface area contributed by atoms with Gasteiger partial charge in [0, 0.05) is 19.3 Å². The summed E-state index contributed by atoms with van der Waals surface area (Å²) >= 11 is 1.11. The van der Waals surface area contributed by atoms with Crippen molar-refractivity contribution in [3.63, 3.8) is 0 Å². The first-order valence-electron chi connectivity index (χ1n) is 7.32. The van der Waals surface area contributed by atoms with Gasteiger partial charge in [0.1, 0.15) is 9.22 Å². The molecule has 0 saturated heterocycles. The zero-order chi connectivity index (χ0) is 17.2. The second-order valence-electron chi connectivity index (χ2n) is 5.14. The molecule has 0 aliphatic heterocycles. The van der Waals surface area contributed by atoms with Gasteiger partial charge >= 0.3 is 0 Å². The van der Waals surface area contributed by atoms with E-state index in [1.54, 1.807) is 19.2 Å². The molecule has 0 radical (unpaired) electrons. The number of nitrogens with one attached hydrogen (secondary N) is 1. The Balaban J connectivity index is 2.13. The number of nitrogens with zero attached hydrogens (tertiary/aromatic N) is 1. The summed E-state index contributed by atoms with van der Waals surface area (Å²) in [4.78, 5) is 4.28. The van der Waals surface area contributed by atoms with Crippen molar-refractivity contribution in [2.75, 3.05) is 12.4 Å². The third kappa shape index (κ3) is 3.19. The van der Waals surface area contributed by atoms with Crippen LogP contribution in [0.1, 0.15) is 5.01 Å². The maximum Gasteiger partial charge on any atom is 0.217 e. The molecule has 0 spiro atoms. The summed E-state index contributed by atoms with van der Waals surface area (Å²) in [7, 11) is -1.87. The fraction of sp³-hybridized carbons (Fsp3) is 0.118. The zero-order valence-electron chi connectivity index (χ0n) is 13.1. The van der Waals surface area contributed by atoms with E-state index in [1.165, 1.54) is 6.20 Å². The van der Waals surface area contributed by atoms with Crippen LogP contribution in [0, 0.1) is 0 Å². The van der Waals surface area contributed by atoms with E-state index >= 15 is 0 Å². The molecular formula is C17H17N3O2S2. The van der Waals surface area contributed by atoms with E-state index < -0.39 is 9.84 Å². The molecule has 5 nitrogen and oxygen atoms in total. The second kappa shape index (κ2) is 6.72. The molecule has 1 heterocycles. The Kier molecular flexibility index (Phi) is 4.66. The van der Waals surface area contributed by atoms with E-state index in [4.69, 9.17) is 5.73 Å². The minimum atomic E-state index is -3.63. The normalized spacial score (nSPS) is 11.4. The molecule has 0 unspecified atom stereocenters. The lowest BCUT2D eigenvalue weighted by Gasteiger charge is -2.10. The van der Waals surface area contributed by atoms with Gasteiger partial charge in [-0.25, -0.2) is 13.4 Å². The van der Waals surface area contributed by atoms with Crippen LogP contribution in [0.15, 0.2) is 63.8 Å². The molecule has 0 aliphatic rings. The highest BCUT2D eigenvalue weighted by Crippen LogP contribution is 2.32. The van der Waals surface area contributed by atoms with Gasteiger partial charge in [0.2, 0.25) is 9.84 Å². The summed E-state index contributed by atoms with van der Waals surface area (Å²) in [5.74, 6) is 0. The molecule has 24 heavy (non-hydrogen) atoms. The van der Waals surface area contributed by atoms with Gasteiger partial charge in [0.15, 0.2) is 0 Å². The van der Waals surface area contributed by atoms with Crippen LogP contribution < -0.4 is 11.1 Å². The topological polar surface area (TPSA) is 85.1 Å². The van der Waals surface area contributed by atoms with Crippen LogP contribution in [0.2, 0.25) is 0 Å². The lowest BCUT2D eigenvalue weighted by molar-refractivity contribution is 0.598. The van der Waals surface area contributed by atoms with Gasteiger partial charge in [0.05, 0.1) is 11.1 Å². The van der Waals surface area contributed by atoms with Gasteiger partial charge in [0.25, 0.3) is 0 Å². The predicted octanol–water partition coefficient (Wildman–Crippen LogP) is 3.14. The Morgan fingerprint density at radius 1 is 1.12 bits per heavy atom. The summed E-state index contributed by atoms with van der Waals surface area (Å²) in [6.45, 7) is 0.228. The van der Waals surface area contributed by atoms with Crippen molar-refractivity contribution in [1.82, 2.24) is 4.98 Å². The second-order valence-corrected chi connectivity index (χ2v) is 8.43. The van der Waals surface area contributed by atoms with Crippen LogP contribution >= 0.6 is 11.3 Å². The molecule has 3 N–H and O–H groups in total. The number of nitrogens with two attached hydrogens (primary N) is 1. The minimum Gasteiger partial charge on any atom is -0.388 e. The highest BCUT2D eigenvalue weighted by molar-refractivity contribution is 7.93. The van der Waals surface area contributed by atoms with Crippen LogP contribution in [0.3, 0.4) is 0 Å². The monoisotopic (exact) mass is 359 g/mol. The molecule has 0 amide bonds. The standard InChI is InChI=1S/C17H17N3O2S2/c1-19-14-7-13(12-5-3-2-4-6-12)8-15(9-14)24(21,22)17-11-20-16(10-18)23-17/h2-9,11,19H,10,18H2,1H3. The molecule has 0 saturated carbocycles. The van der Waals surface area contributed by atoms with Gasteiger partial charge in [-0.15, -0.1) is 11.3 Å². The highest BCUT2D eigenvalue weighted by atomic mass is 32.2. The number of hydrogen-bond acceptors (Lipinski definition) is 6. The number of hydrogen-bond donors (Lipinski definition) is 2. The van der Waals surface area contributed by atoms with Crippen molar-refractivity contribution in [2.45, 2.75) is 15.6 Å². The van der Waals surface area contributed by atoms with Crippen LogP contribution in [-0.4, -0.2) is 20.4 Å². The van der Waals surface area contributed by atoms with E-state index in [-0.39, 0.29) is 15.6 Å². The van der Waals surface area contributed by atoms with Gasteiger partial charge in [-0.2, -0.15) is 0 Å². The molecule has 1 aromatic heterocycles. The van der Waals surface area contributed by atoms with Crippen molar-refractivity contribution in [1.29, 1.82) is 0 Å². The van der Waals surface area contributed by atoms with Gasteiger partial charge in [-0.1, -0.05) is 30.3 Å². The average Bonchev–Trinajstić information content (AvgIpc) is 3.12. The number of benzene rings is 2. The first kappa shape index (κ1) is 16.6. The van der Waals surface area contributed by atoms with E-state index in [1.807, 2.05) is 36.4 Å². The van der Waals surface area contributed by atoms with Crippen molar-refractivity contribution >= 4 is 26.9 Å². The van der Waals surface area contributed by atoms with Crippen LogP contribution in [0.4, 0.5) is 5.69 Å². The van der Waals surface area contributed by atoms with Gasteiger partial charge in [-0.3, -0.25) is 0 Å². The number of anilines is 1. The maximum atomic E-state index is 12.9. The highest BCUT2D eigenvalue weighted by Gasteiger charge is 2.22. The molecule has 124 valence electrons. The number of aromatic nitrogens is 1. The van der Waals surface area contributed by atoms with E-state index in [0.717, 1.165) is 28.2 Å². The summed E-state index contributed by atoms with van der Waals surface area (Å²) in [5.41, 5.74) is 8.06. The van der Waals surface area contributed by atoms with Gasteiger partial charge < -0.3 is 11.1 Å². The molecule has 0 atom stereocenters. The summed E-state index contributed by atoms with van der Waals surface area (Å²) in [6, 6.07) is 14.9. The molecule has 0 fully saturated rings. The first-order valence-corrected chi connectivity index (χ1v) is 9.62. The minimum absolute atomic E-state index is 0.204. The number of rotatable bonds is 5. The van der Waals surface area contributed by atoms with Crippen LogP contribution in [0.5, 0.6) is 0 Å². The smallest absolute Gasteiger partial charge is 0.217 e. The van der Waals surface area contributed by atoms with E-state index in [9.17, 15) is 8.42 Å². The van der Waals surface area contributed by atoms with Crippen molar-refractivity contribution < 1.29 is 8.42 Å². The summed E-state index contributed by atoms with van der Waals surface area (Å²) in [5, 5.41) is 3.62. The third-order valence-corrected chi connectivity index (χ3v) is 6.80. The quantitative estimate of drug-likeness (QED) is 0.731. The Morgan fingerprint density at radius 2 is 1.88 bits per heavy atom. The van der Waals surface area contributed by atoms with Crippen LogP contribution in [0.25, 0.3) is 11.1 Å². The number of sulfone groups is 1. The molecule has 7 heteroatoms. The van der Waals surface area contributed by atoms with Crippen molar-refractivity contribution in [3.05, 3.63) is 59.7 Å². The fourth-order valence-electron chi connectivity index (χ4n) is 2.32. The Bertz CT molecular complexity index is 951. The maximum absolute atomic E-state index is 12.9. The molecule has 3 rings (SSSR count). The molecule has 3 aromatic rings. The third-order valence-electron chi connectivity index (χ3n) is 3.58. The molecular weight excluding hydrogens is 342 g/mol. The van der Waals surface area contributed by atoms with Crippen molar-refractivity contribution in [3.8, 4) is 11.1 Å². The average molecular weight is 359 g/mol. The Hall–Kier alpha value is -2.22. The lowest BCUT2D eigenvalue weighted by Crippen LogP contribution is -2.02. The van der Waals surface area contributed by atoms with E-state index in [2.05, 4.69) is 10.3 Å². The van der Waals surface area contributed by atoms with Crippen molar-refractivity contribution in [2.24, 2.45) is 5.73 Å². The summed E-state index contributed by atoms with van der Waals surface area (Å²) < 4.78 is 26.0. The number of thiazole rings is 1. The first-order chi connectivity index (χ1) is 11.5. The zero-order valence-corrected chi connectivity index (χ0v) is 14.7. The van der Waals surface area contributed by atoms with Crippen LogP contribution in [-0.2, 0) is 16.4 Å². The molecule has 0 bridgehead atoms. The Labute approximate surface area is 145 Å². The summed E-state index contributed by atoms with van der Waals surface area (Å²) in [6.07, 6.45) is 1.37. The van der Waals surface area contributed by atoms with E-state index in [0.29, 0.717) is 5.01 Å². The fourth-order valence-corrected chi connectivity index (χ4v) is 4.85. The van der Waals surface area contributed by atoms with Gasteiger partial charge in [-0.05, 0) is 29.3 Å². The predicted molar refractivity (Wildman–Crippen MR) is 96.9 cm³/mol. The largest absolute Gasteiger partial charge is 0.388 e. The Morgan fingerprint density at radius 3 is 2.50 bits per heavy atom.